The smallest absolute Gasteiger partial charge is 0.175 e. The molecule has 0 atom stereocenters. The molecule has 0 amide bonds. The summed E-state index contributed by atoms with van der Waals surface area (Å²) in [6.07, 6.45) is 1.88. The topological polar surface area (TPSA) is 59.2 Å². The molecule has 0 radical (unpaired) electrons. The lowest BCUT2D eigenvalue weighted by molar-refractivity contribution is 0.267. The fraction of sp³-hybridized carbons (Fsp3) is 0.269. The van der Waals surface area contributed by atoms with Crippen LogP contribution >= 0.6 is 15.9 Å². The number of halogens is 2. The summed E-state index contributed by atoms with van der Waals surface area (Å²) >= 11 is 3.62. The van der Waals surface area contributed by atoms with Crippen LogP contribution in [0.15, 0.2) is 65.1 Å². The summed E-state index contributed by atoms with van der Waals surface area (Å²) in [5.41, 5.74) is 4.08. The molecule has 0 saturated heterocycles. The van der Waals surface area contributed by atoms with Gasteiger partial charge in [0.25, 0.3) is 0 Å². The van der Waals surface area contributed by atoms with Crippen molar-refractivity contribution in [2.75, 3.05) is 13.2 Å². The summed E-state index contributed by atoms with van der Waals surface area (Å²) in [6.45, 7) is 4.41. The second kappa shape index (κ2) is 11.3. The zero-order chi connectivity index (χ0) is 23.0. The number of nitrogens with zero attached hydrogens (tertiary/aromatic N) is 1. The van der Waals surface area contributed by atoms with Crippen LogP contribution in [0.4, 0.5) is 4.39 Å². The van der Waals surface area contributed by atoms with Crippen LogP contribution in [0.2, 0.25) is 0 Å². The SMILES string of the molecule is CCOc1cc(CNCCCc2nc3ccccc3[nH]2)cc(Br)c1OCc1ccc(F)cc1. The third-order valence-electron chi connectivity index (χ3n) is 5.20. The van der Waals surface area contributed by atoms with Gasteiger partial charge in [0.05, 0.1) is 22.1 Å². The van der Waals surface area contributed by atoms with Gasteiger partial charge < -0.3 is 19.8 Å². The number of fused-ring (bicyclic) bond motifs is 1. The van der Waals surface area contributed by atoms with Crippen LogP contribution in [-0.4, -0.2) is 23.1 Å². The molecule has 33 heavy (non-hydrogen) atoms. The Labute approximate surface area is 201 Å². The molecule has 0 unspecified atom stereocenters. The summed E-state index contributed by atoms with van der Waals surface area (Å²) in [6, 6.07) is 18.4. The number of hydrogen-bond acceptors (Lipinski definition) is 4. The predicted molar refractivity (Wildman–Crippen MR) is 132 cm³/mol. The van der Waals surface area contributed by atoms with Crippen LogP contribution in [0, 0.1) is 5.82 Å². The Hall–Kier alpha value is -2.90. The van der Waals surface area contributed by atoms with Crippen LogP contribution in [0.5, 0.6) is 11.5 Å². The second-order valence-electron chi connectivity index (χ2n) is 7.73. The molecule has 1 aromatic heterocycles. The minimum Gasteiger partial charge on any atom is -0.490 e. The fourth-order valence-corrected chi connectivity index (χ4v) is 4.20. The van der Waals surface area contributed by atoms with Crippen LogP contribution < -0.4 is 14.8 Å². The number of aryl methyl sites for hydroxylation is 1. The number of nitrogens with one attached hydrogen (secondary N) is 2. The maximum absolute atomic E-state index is 13.1. The Kier molecular flexibility index (Phi) is 7.96. The first kappa shape index (κ1) is 23.3. The number of benzene rings is 3. The fourth-order valence-electron chi connectivity index (χ4n) is 3.60. The quantitative estimate of drug-likeness (QED) is 0.236. The largest absolute Gasteiger partial charge is 0.490 e. The summed E-state index contributed by atoms with van der Waals surface area (Å²) < 4.78 is 25.8. The lowest BCUT2D eigenvalue weighted by Gasteiger charge is -2.16. The van der Waals surface area contributed by atoms with Crippen molar-refractivity contribution in [3.63, 3.8) is 0 Å². The van der Waals surface area contributed by atoms with E-state index in [0.717, 1.165) is 58.4 Å². The molecule has 0 aliphatic rings. The van der Waals surface area contributed by atoms with Gasteiger partial charge in [0.15, 0.2) is 11.5 Å². The van der Waals surface area contributed by atoms with E-state index in [1.165, 1.54) is 12.1 Å². The number of para-hydroxylation sites is 2. The zero-order valence-corrected chi connectivity index (χ0v) is 20.1. The molecule has 0 fully saturated rings. The van der Waals surface area contributed by atoms with Crippen LogP contribution in [0.25, 0.3) is 11.0 Å². The Morgan fingerprint density at radius 1 is 1.03 bits per heavy atom. The normalized spacial score (nSPS) is 11.1. The van der Waals surface area contributed by atoms with Gasteiger partial charge in [-0.1, -0.05) is 24.3 Å². The Morgan fingerprint density at radius 3 is 2.64 bits per heavy atom. The van der Waals surface area contributed by atoms with Crippen molar-refractivity contribution in [2.24, 2.45) is 0 Å². The Bertz CT molecular complexity index is 1160. The minimum absolute atomic E-state index is 0.260. The molecule has 0 saturated carbocycles. The molecule has 172 valence electrons. The van der Waals surface area contributed by atoms with E-state index in [0.29, 0.717) is 24.7 Å². The van der Waals surface area contributed by atoms with E-state index in [2.05, 4.69) is 31.2 Å². The Morgan fingerprint density at radius 2 is 1.85 bits per heavy atom. The average Bonchev–Trinajstić information content (AvgIpc) is 3.22. The van der Waals surface area contributed by atoms with E-state index < -0.39 is 0 Å². The summed E-state index contributed by atoms with van der Waals surface area (Å²) in [5.74, 6) is 2.09. The van der Waals surface area contributed by atoms with E-state index in [4.69, 9.17) is 9.47 Å². The zero-order valence-electron chi connectivity index (χ0n) is 18.5. The maximum Gasteiger partial charge on any atom is 0.175 e. The molecule has 0 aliphatic carbocycles. The van der Waals surface area contributed by atoms with E-state index in [1.807, 2.05) is 43.3 Å². The van der Waals surface area contributed by atoms with Gasteiger partial charge >= 0.3 is 0 Å². The molecule has 2 N–H and O–H groups in total. The van der Waals surface area contributed by atoms with Gasteiger partial charge in [0, 0.05) is 13.0 Å². The lowest BCUT2D eigenvalue weighted by Crippen LogP contribution is -2.15. The first-order valence-electron chi connectivity index (χ1n) is 11.1. The van der Waals surface area contributed by atoms with Crippen molar-refractivity contribution < 1.29 is 13.9 Å². The van der Waals surface area contributed by atoms with Crippen LogP contribution in [0.1, 0.15) is 30.3 Å². The van der Waals surface area contributed by atoms with Crippen molar-refractivity contribution >= 4 is 27.0 Å². The molecule has 4 rings (SSSR count). The first-order valence-corrected chi connectivity index (χ1v) is 11.9. The highest BCUT2D eigenvalue weighted by atomic mass is 79.9. The lowest BCUT2D eigenvalue weighted by atomic mass is 10.2. The number of hydrogen-bond donors (Lipinski definition) is 2. The number of ether oxygens (including phenoxy) is 2. The van der Waals surface area contributed by atoms with Gasteiger partial charge in [-0.25, -0.2) is 9.37 Å². The highest BCUT2D eigenvalue weighted by Gasteiger charge is 2.13. The standard InChI is InChI=1S/C26H27BrFN3O2/c1-2-32-24-15-19(14-21(27)26(24)33-17-18-9-11-20(28)12-10-18)16-29-13-5-8-25-30-22-6-3-4-7-23(22)31-25/h3-4,6-7,9-12,14-15,29H,2,5,8,13,16-17H2,1H3,(H,30,31). The first-order chi connectivity index (χ1) is 16.1. The van der Waals surface area contributed by atoms with Gasteiger partial charge in [0.2, 0.25) is 0 Å². The van der Waals surface area contributed by atoms with Gasteiger partial charge in [-0.15, -0.1) is 0 Å². The van der Waals surface area contributed by atoms with Crippen molar-refractivity contribution in [1.82, 2.24) is 15.3 Å². The molecule has 5 nitrogen and oxygen atoms in total. The van der Waals surface area contributed by atoms with Crippen LogP contribution in [0.3, 0.4) is 0 Å². The number of aromatic nitrogens is 2. The average molecular weight is 512 g/mol. The molecular formula is C26H27BrFN3O2. The highest BCUT2D eigenvalue weighted by molar-refractivity contribution is 9.10. The minimum atomic E-state index is -0.260. The number of rotatable bonds is 11. The second-order valence-corrected chi connectivity index (χ2v) is 8.59. The predicted octanol–water partition coefficient (Wildman–Crippen LogP) is 6.16. The Balaban J connectivity index is 1.31. The van der Waals surface area contributed by atoms with Gasteiger partial charge in [-0.05, 0) is 83.3 Å². The third kappa shape index (κ3) is 6.33. The highest BCUT2D eigenvalue weighted by Crippen LogP contribution is 2.37. The molecule has 4 aromatic rings. The van der Waals surface area contributed by atoms with Crippen molar-refractivity contribution in [2.45, 2.75) is 32.9 Å². The van der Waals surface area contributed by atoms with E-state index in [1.54, 1.807) is 12.1 Å². The monoisotopic (exact) mass is 511 g/mol. The number of H-pyrrole nitrogens is 1. The van der Waals surface area contributed by atoms with Crippen molar-refractivity contribution in [3.05, 3.63) is 87.9 Å². The van der Waals surface area contributed by atoms with Gasteiger partial charge in [-0.2, -0.15) is 0 Å². The number of imidazole rings is 1. The summed E-state index contributed by atoms with van der Waals surface area (Å²) in [5, 5.41) is 3.49. The number of aromatic amines is 1. The maximum atomic E-state index is 13.1. The van der Waals surface area contributed by atoms with E-state index in [-0.39, 0.29) is 5.82 Å². The summed E-state index contributed by atoms with van der Waals surface area (Å²) in [7, 11) is 0. The summed E-state index contributed by atoms with van der Waals surface area (Å²) in [4.78, 5) is 8.00. The molecule has 0 bridgehead atoms. The molecule has 7 heteroatoms. The molecular weight excluding hydrogens is 485 g/mol. The molecule has 1 heterocycles. The molecule has 0 aliphatic heterocycles. The molecule has 3 aromatic carbocycles. The van der Waals surface area contributed by atoms with E-state index in [9.17, 15) is 4.39 Å². The van der Waals surface area contributed by atoms with Gasteiger partial charge in [-0.3, -0.25) is 0 Å². The van der Waals surface area contributed by atoms with Crippen molar-refractivity contribution in [1.29, 1.82) is 0 Å². The van der Waals surface area contributed by atoms with Crippen molar-refractivity contribution in [3.8, 4) is 11.5 Å². The molecule has 0 spiro atoms. The van der Waals surface area contributed by atoms with Gasteiger partial charge in [0.1, 0.15) is 18.2 Å². The van der Waals surface area contributed by atoms with E-state index >= 15 is 0 Å². The third-order valence-corrected chi connectivity index (χ3v) is 5.79. The van der Waals surface area contributed by atoms with Crippen LogP contribution in [-0.2, 0) is 19.6 Å².